The van der Waals surface area contributed by atoms with Crippen LogP contribution in [0.3, 0.4) is 0 Å². The molecule has 0 saturated carbocycles. The van der Waals surface area contributed by atoms with Gasteiger partial charge in [-0.15, -0.1) is 0 Å². The molecule has 0 atom stereocenters. The smallest absolute Gasteiger partial charge is 0.230 e. The molecule has 1 aromatic heterocycles. The highest BCUT2D eigenvalue weighted by atomic mass is 79.9. The van der Waals surface area contributed by atoms with Crippen LogP contribution in [0.5, 0.6) is 0 Å². The molecule has 0 aliphatic carbocycles. The number of hydrogen-bond donors (Lipinski definition) is 1. The quantitative estimate of drug-likeness (QED) is 0.732. The Morgan fingerprint density at radius 3 is 2.62 bits per heavy atom. The van der Waals surface area contributed by atoms with Gasteiger partial charge in [0.2, 0.25) is 5.88 Å². The fourth-order valence-corrected chi connectivity index (χ4v) is 2.50. The molecule has 3 aromatic rings. The van der Waals surface area contributed by atoms with E-state index in [1.165, 1.54) is 12.1 Å². The number of aromatic nitrogens is 1. The van der Waals surface area contributed by atoms with E-state index in [4.69, 9.17) is 10.3 Å². The minimum absolute atomic E-state index is 0.00502. The van der Waals surface area contributed by atoms with Crippen LogP contribution < -0.4 is 5.73 Å². The molecular weight excluding hydrogens is 342 g/mol. The van der Waals surface area contributed by atoms with Gasteiger partial charge in [0.25, 0.3) is 0 Å². The predicted octanol–water partition coefficient (Wildman–Crippen LogP) is 4.63. The molecule has 3 nitrogen and oxygen atoms in total. The zero-order chi connectivity index (χ0) is 15.0. The van der Waals surface area contributed by atoms with Gasteiger partial charge in [0.1, 0.15) is 5.69 Å². The Hall–Kier alpha value is -2.21. The van der Waals surface area contributed by atoms with E-state index in [9.17, 15) is 8.78 Å². The molecular formula is C15H9BrF2N2O. The molecule has 0 aliphatic rings. The van der Waals surface area contributed by atoms with Crippen LogP contribution in [0.15, 0.2) is 51.5 Å². The first kappa shape index (κ1) is 13.8. The minimum Gasteiger partial charge on any atom is -0.367 e. The average molecular weight is 351 g/mol. The maximum atomic E-state index is 14.0. The Labute approximate surface area is 127 Å². The highest BCUT2D eigenvalue weighted by Gasteiger charge is 2.21. The first-order valence-corrected chi connectivity index (χ1v) is 6.82. The first-order chi connectivity index (χ1) is 10.1. The third-order valence-electron chi connectivity index (χ3n) is 3.04. The van der Waals surface area contributed by atoms with E-state index in [-0.39, 0.29) is 17.1 Å². The second-order valence-electron chi connectivity index (χ2n) is 4.38. The van der Waals surface area contributed by atoms with Crippen LogP contribution in [0.1, 0.15) is 0 Å². The SMILES string of the molecule is Nc1onc(-c2cccc(F)c2F)c1-c1cccc(Br)c1. The van der Waals surface area contributed by atoms with Crippen molar-refractivity contribution in [3.63, 3.8) is 0 Å². The number of anilines is 1. The van der Waals surface area contributed by atoms with Gasteiger partial charge in [-0.25, -0.2) is 8.78 Å². The number of nitrogens with two attached hydrogens (primary N) is 1. The summed E-state index contributed by atoms with van der Waals surface area (Å²) in [6.45, 7) is 0. The van der Waals surface area contributed by atoms with Gasteiger partial charge >= 0.3 is 0 Å². The van der Waals surface area contributed by atoms with Crippen LogP contribution in [0.25, 0.3) is 22.4 Å². The van der Waals surface area contributed by atoms with Gasteiger partial charge in [0.05, 0.1) is 5.56 Å². The van der Waals surface area contributed by atoms with Gasteiger partial charge < -0.3 is 10.3 Å². The summed E-state index contributed by atoms with van der Waals surface area (Å²) in [6.07, 6.45) is 0. The number of rotatable bonds is 2. The summed E-state index contributed by atoms with van der Waals surface area (Å²) >= 11 is 3.35. The van der Waals surface area contributed by atoms with Crippen molar-refractivity contribution in [1.82, 2.24) is 5.16 Å². The second kappa shape index (κ2) is 5.29. The summed E-state index contributed by atoms with van der Waals surface area (Å²) in [5.41, 5.74) is 7.09. The molecule has 6 heteroatoms. The summed E-state index contributed by atoms with van der Waals surface area (Å²) in [6, 6.07) is 11.1. The number of nitrogen functional groups attached to an aromatic ring is 1. The maximum Gasteiger partial charge on any atom is 0.230 e. The van der Waals surface area contributed by atoms with Crippen molar-refractivity contribution in [2.45, 2.75) is 0 Å². The largest absolute Gasteiger partial charge is 0.367 e. The lowest BCUT2D eigenvalue weighted by Crippen LogP contribution is -1.92. The molecule has 21 heavy (non-hydrogen) atoms. The fraction of sp³-hybridized carbons (Fsp3) is 0. The van der Waals surface area contributed by atoms with Crippen molar-refractivity contribution in [1.29, 1.82) is 0 Å². The normalized spacial score (nSPS) is 10.8. The molecule has 3 rings (SSSR count). The van der Waals surface area contributed by atoms with Crippen LogP contribution in [0.4, 0.5) is 14.7 Å². The average Bonchev–Trinajstić information content (AvgIpc) is 2.83. The van der Waals surface area contributed by atoms with Crippen molar-refractivity contribution in [2.75, 3.05) is 5.73 Å². The van der Waals surface area contributed by atoms with Gasteiger partial charge in [0, 0.05) is 10.0 Å². The zero-order valence-corrected chi connectivity index (χ0v) is 12.2. The molecule has 2 N–H and O–H groups in total. The van der Waals surface area contributed by atoms with E-state index in [0.717, 1.165) is 10.5 Å². The van der Waals surface area contributed by atoms with Gasteiger partial charge in [-0.2, -0.15) is 0 Å². The standard InChI is InChI=1S/C15H9BrF2N2O/c16-9-4-1-3-8(7-9)12-14(20-21-15(12)19)10-5-2-6-11(17)13(10)18/h1-7H,19H2. The molecule has 0 amide bonds. The Morgan fingerprint density at radius 1 is 1.10 bits per heavy atom. The zero-order valence-electron chi connectivity index (χ0n) is 10.6. The molecule has 0 saturated heterocycles. The maximum absolute atomic E-state index is 14.0. The minimum atomic E-state index is -0.984. The summed E-state index contributed by atoms with van der Waals surface area (Å²) in [4.78, 5) is 0. The highest BCUT2D eigenvalue weighted by Crippen LogP contribution is 2.38. The lowest BCUT2D eigenvalue weighted by atomic mass is 10.0. The monoisotopic (exact) mass is 350 g/mol. The summed E-state index contributed by atoms with van der Waals surface area (Å²) in [5.74, 6) is -1.89. The Balaban J connectivity index is 2.24. The number of benzene rings is 2. The van der Waals surface area contributed by atoms with Crippen molar-refractivity contribution in [3.8, 4) is 22.4 Å². The molecule has 106 valence electrons. The number of hydrogen-bond acceptors (Lipinski definition) is 3. The van der Waals surface area contributed by atoms with Crippen LogP contribution >= 0.6 is 15.9 Å². The molecule has 0 radical (unpaired) electrons. The van der Waals surface area contributed by atoms with E-state index in [1.807, 2.05) is 6.07 Å². The second-order valence-corrected chi connectivity index (χ2v) is 5.30. The third-order valence-corrected chi connectivity index (χ3v) is 3.53. The van der Waals surface area contributed by atoms with Crippen molar-refractivity contribution >= 4 is 21.8 Å². The molecule has 2 aromatic carbocycles. The Kier molecular flexibility index (Phi) is 3.47. The predicted molar refractivity (Wildman–Crippen MR) is 79.4 cm³/mol. The molecule has 0 aliphatic heterocycles. The summed E-state index contributed by atoms with van der Waals surface area (Å²) in [7, 11) is 0. The van der Waals surface area contributed by atoms with Crippen LogP contribution in [-0.4, -0.2) is 5.16 Å². The summed E-state index contributed by atoms with van der Waals surface area (Å²) < 4.78 is 33.2. The lowest BCUT2D eigenvalue weighted by Gasteiger charge is -2.05. The van der Waals surface area contributed by atoms with E-state index in [1.54, 1.807) is 18.2 Å². The first-order valence-electron chi connectivity index (χ1n) is 6.03. The topological polar surface area (TPSA) is 52.0 Å². The molecule has 0 unspecified atom stereocenters. The van der Waals surface area contributed by atoms with Gasteiger partial charge in [0.15, 0.2) is 11.6 Å². The molecule has 1 heterocycles. The molecule has 0 spiro atoms. The van der Waals surface area contributed by atoms with E-state index in [2.05, 4.69) is 21.1 Å². The number of halogens is 3. The fourth-order valence-electron chi connectivity index (χ4n) is 2.10. The third kappa shape index (κ3) is 2.42. The van der Waals surface area contributed by atoms with Crippen LogP contribution in [0.2, 0.25) is 0 Å². The van der Waals surface area contributed by atoms with Crippen LogP contribution in [0, 0.1) is 11.6 Å². The van der Waals surface area contributed by atoms with Gasteiger partial charge in [-0.05, 0) is 29.8 Å². The number of nitrogens with zero attached hydrogens (tertiary/aromatic N) is 1. The molecule has 0 bridgehead atoms. The van der Waals surface area contributed by atoms with Crippen molar-refractivity contribution < 1.29 is 13.3 Å². The van der Waals surface area contributed by atoms with E-state index >= 15 is 0 Å². The van der Waals surface area contributed by atoms with Gasteiger partial charge in [-0.3, -0.25) is 0 Å². The van der Waals surface area contributed by atoms with Crippen LogP contribution in [-0.2, 0) is 0 Å². The van der Waals surface area contributed by atoms with Crippen molar-refractivity contribution in [2.24, 2.45) is 0 Å². The van der Waals surface area contributed by atoms with Gasteiger partial charge in [-0.1, -0.05) is 39.3 Å². The van der Waals surface area contributed by atoms with E-state index < -0.39 is 11.6 Å². The highest BCUT2D eigenvalue weighted by molar-refractivity contribution is 9.10. The lowest BCUT2D eigenvalue weighted by molar-refractivity contribution is 0.438. The summed E-state index contributed by atoms with van der Waals surface area (Å²) in [5, 5.41) is 3.77. The van der Waals surface area contributed by atoms with Crippen molar-refractivity contribution in [3.05, 3.63) is 58.6 Å². The van der Waals surface area contributed by atoms with E-state index in [0.29, 0.717) is 11.1 Å². The molecule has 0 fully saturated rings. The Morgan fingerprint density at radius 2 is 1.86 bits per heavy atom. The Bertz CT molecular complexity index is 817.